The van der Waals surface area contributed by atoms with Gasteiger partial charge in [0.25, 0.3) is 0 Å². The molecule has 7 rings (SSSR count). The predicted octanol–water partition coefficient (Wildman–Crippen LogP) is 8.85. The summed E-state index contributed by atoms with van der Waals surface area (Å²) >= 11 is 0. The first kappa shape index (κ1) is 22.1. The van der Waals surface area contributed by atoms with Crippen molar-refractivity contribution >= 4 is 43.5 Å². The maximum Gasteiger partial charge on any atom is 0.216 e. The van der Waals surface area contributed by atoms with E-state index in [-0.39, 0.29) is 0 Å². The number of nitriles is 1. The largest absolute Gasteiger partial charge is 0.454 e. The van der Waals surface area contributed by atoms with Gasteiger partial charge in [-0.3, -0.25) is 0 Å². The maximum atomic E-state index is 10.3. The number of pyridine rings is 1. The van der Waals surface area contributed by atoms with Gasteiger partial charge < -0.3 is 4.42 Å². The SMILES string of the molecule is [2H]c1c(-c2c(C#N)ccc3c2oc2c(-c4cc(C)c(C)c[n+]4C)c(C)ccc23)c2ccccc2c2ccccc12. The van der Waals surface area contributed by atoms with Crippen LogP contribution in [0.2, 0.25) is 0 Å². The average molecular weight is 505 g/mol. The second kappa shape index (κ2) is 8.55. The molecule has 0 unspecified atom stereocenters. The Morgan fingerprint density at radius 1 is 0.718 bits per heavy atom. The van der Waals surface area contributed by atoms with E-state index in [1.807, 2.05) is 48.5 Å². The molecule has 5 aromatic carbocycles. The number of furan rings is 1. The summed E-state index contributed by atoms with van der Waals surface area (Å²) in [4.78, 5) is 0. The Balaban J connectivity index is 1.66. The molecule has 3 heteroatoms. The van der Waals surface area contributed by atoms with Crippen LogP contribution in [0.5, 0.6) is 0 Å². The summed E-state index contributed by atoms with van der Waals surface area (Å²) in [7, 11) is 2.06. The van der Waals surface area contributed by atoms with Gasteiger partial charge in [-0.15, -0.1) is 0 Å². The fourth-order valence-corrected chi connectivity index (χ4v) is 5.95. The lowest BCUT2D eigenvalue weighted by molar-refractivity contribution is -0.660. The van der Waals surface area contributed by atoms with Gasteiger partial charge in [-0.25, -0.2) is 4.57 Å². The lowest BCUT2D eigenvalue weighted by atomic mass is 9.90. The van der Waals surface area contributed by atoms with E-state index >= 15 is 0 Å². The molecule has 0 spiro atoms. The van der Waals surface area contributed by atoms with E-state index in [4.69, 9.17) is 4.42 Å². The standard InChI is InChI=1S/C36H27N2O/c1-21-13-15-29-30-16-14-25(19-37)34(31-18-24-9-5-6-10-26(24)27-11-7-8-12-28(27)31)36(30)39-35(29)33(21)32-17-22(2)23(3)20-38(32)4/h5-18,20H,1-4H3/q+1/i18D. The minimum Gasteiger partial charge on any atom is -0.454 e. The van der Waals surface area contributed by atoms with Crippen molar-refractivity contribution in [1.82, 2.24) is 0 Å². The number of hydrogen-bond acceptors (Lipinski definition) is 2. The third kappa shape index (κ3) is 3.39. The van der Waals surface area contributed by atoms with Gasteiger partial charge in [-0.05, 0) is 77.2 Å². The van der Waals surface area contributed by atoms with Crippen molar-refractivity contribution in [3.8, 4) is 28.5 Å². The van der Waals surface area contributed by atoms with E-state index in [0.717, 1.165) is 60.3 Å². The second-order valence-electron chi connectivity index (χ2n) is 10.4. The summed E-state index contributed by atoms with van der Waals surface area (Å²) in [5.41, 5.74) is 9.01. The first-order valence-corrected chi connectivity index (χ1v) is 13.2. The highest BCUT2D eigenvalue weighted by atomic mass is 16.3. The van der Waals surface area contributed by atoms with E-state index in [1.54, 1.807) is 0 Å². The van der Waals surface area contributed by atoms with Crippen LogP contribution in [0, 0.1) is 32.1 Å². The molecule has 0 aliphatic heterocycles. The minimum atomic E-state index is 0.399. The van der Waals surface area contributed by atoms with Gasteiger partial charge in [0, 0.05) is 28.0 Å². The molecule has 0 saturated heterocycles. The second-order valence-corrected chi connectivity index (χ2v) is 10.4. The van der Waals surface area contributed by atoms with E-state index in [9.17, 15) is 6.63 Å². The number of fused-ring (bicyclic) bond motifs is 6. The molecule has 0 amide bonds. The zero-order valence-corrected chi connectivity index (χ0v) is 22.4. The maximum absolute atomic E-state index is 10.3. The van der Waals surface area contributed by atoms with Crippen LogP contribution in [-0.4, -0.2) is 0 Å². The van der Waals surface area contributed by atoms with E-state index in [0.29, 0.717) is 22.8 Å². The smallest absolute Gasteiger partial charge is 0.216 e. The topological polar surface area (TPSA) is 40.8 Å². The monoisotopic (exact) mass is 504 g/mol. The fourth-order valence-electron chi connectivity index (χ4n) is 5.95. The highest BCUT2D eigenvalue weighted by molar-refractivity contribution is 6.19. The predicted molar refractivity (Wildman–Crippen MR) is 160 cm³/mol. The number of aromatic nitrogens is 1. The van der Waals surface area contributed by atoms with Crippen LogP contribution in [0.15, 0.2) is 95.5 Å². The zero-order valence-electron chi connectivity index (χ0n) is 23.4. The molecule has 2 aromatic heterocycles. The summed E-state index contributed by atoms with van der Waals surface area (Å²) in [6.45, 7) is 6.36. The van der Waals surface area contributed by atoms with Crippen LogP contribution >= 0.6 is 0 Å². The molecule has 186 valence electrons. The summed E-state index contributed by atoms with van der Waals surface area (Å²) in [5.74, 6) is 0. The molecule has 0 atom stereocenters. The molecule has 3 nitrogen and oxygen atoms in total. The van der Waals surface area contributed by atoms with Crippen LogP contribution in [0.25, 0.3) is 65.9 Å². The van der Waals surface area contributed by atoms with Gasteiger partial charge in [0.1, 0.15) is 18.2 Å². The number of aryl methyl sites for hydroxylation is 4. The average Bonchev–Trinajstić information content (AvgIpc) is 3.34. The third-order valence-electron chi connectivity index (χ3n) is 8.06. The summed E-state index contributed by atoms with van der Waals surface area (Å²) < 4.78 is 18.4. The van der Waals surface area contributed by atoms with Gasteiger partial charge in [0.15, 0.2) is 6.20 Å². The molecule has 0 bridgehead atoms. The lowest BCUT2D eigenvalue weighted by Gasteiger charge is -2.12. The lowest BCUT2D eigenvalue weighted by Crippen LogP contribution is -2.31. The van der Waals surface area contributed by atoms with E-state index < -0.39 is 0 Å². The van der Waals surface area contributed by atoms with Crippen molar-refractivity contribution in [2.24, 2.45) is 7.05 Å². The number of rotatable bonds is 2. The van der Waals surface area contributed by atoms with E-state index in [2.05, 4.69) is 75.0 Å². The number of benzene rings is 5. The molecule has 0 saturated carbocycles. The molecule has 0 N–H and O–H groups in total. The first-order valence-electron chi connectivity index (χ1n) is 13.7. The van der Waals surface area contributed by atoms with Crippen LogP contribution in [0.3, 0.4) is 0 Å². The minimum absolute atomic E-state index is 0.399. The van der Waals surface area contributed by atoms with Gasteiger partial charge >= 0.3 is 0 Å². The molecule has 0 fully saturated rings. The Bertz CT molecular complexity index is 2230. The van der Waals surface area contributed by atoms with Crippen molar-refractivity contribution in [3.05, 3.63) is 113 Å². The zero-order chi connectivity index (χ0) is 27.7. The number of nitrogens with zero attached hydrogens (tertiary/aromatic N) is 2. The van der Waals surface area contributed by atoms with Crippen molar-refractivity contribution in [1.29, 1.82) is 5.26 Å². The van der Waals surface area contributed by atoms with Crippen LogP contribution in [-0.2, 0) is 7.05 Å². The Morgan fingerprint density at radius 2 is 1.38 bits per heavy atom. The van der Waals surface area contributed by atoms with Crippen molar-refractivity contribution in [2.45, 2.75) is 20.8 Å². The number of hydrogen-bond donors (Lipinski definition) is 0. The Morgan fingerprint density at radius 3 is 2.15 bits per heavy atom. The highest BCUT2D eigenvalue weighted by Crippen LogP contribution is 2.44. The van der Waals surface area contributed by atoms with Crippen molar-refractivity contribution < 1.29 is 10.4 Å². The normalized spacial score (nSPS) is 11.9. The summed E-state index contributed by atoms with van der Waals surface area (Å²) in [5, 5.41) is 16.1. The fraction of sp³-hybridized carbons (Fsp3) is 0.111. The van der Waals surface area contributed by atoms with Crippen molar-refractivity contribution in [2.75, 3.05) is 0 Å². The molecular formula is C36H27N2O+. The van der Waals surface area contributed by atoms with E-state index in [1.165, 1.54) is 11.1 Å². The van der Waals surface area contributed by atoms with Crippen molar-refractivity contribution in [3.63, 3.8) is 0 Å². The Hall–Kier alpha value is -4.94. The molecule has 2 heterocycles. The molecular weight excluding hydrogens is 476 g/mol. The van der Waals surface area contributed by atoms with Gasteiger partial charge in [0.2, 0.25) is 5.69 Å². The molecule has 39 heavy (non-hydrogen) atoms. The molecule has 0 aliphatic carbocycles. The van der Waals surface area contributed by atoms with Gasteiger partial charge in [-0.2, -0.15) is 5.26 Å². The molecule has 7 aromatic rings. The Labute approximate surface area is 228 Å². The quantitative estimate of drug-likeness (QED) is 0.174. The summed E-state index contributed by atoms with van der Waals surface area (Å²) in [6, 6.07) is 29.3. The van der Waals surface area contributed by atoms with Crippen LogP contribution in [0.1, 0.15) is 23.6 Å². The molecule has 0 radical (unpaired) electrons. The molecule has 0 aliphatic rings. The summed E-state index contributed by atoms with van der Waals surface area (Å²) in [6.07, 6.45) is 2.15. The highest BCUT2D eigenvalue weighted by Gasteiger charge is 2.24. The van der Waals surface area contributed by atoms with Gasteiger partial charge in [0.05, 0.1) is 18.6 Å². The Kier molecular flexibility index (Phi) is 4.84. The first-order chi connectivity index (χ1) is 19.4. The van der Waals surface area contributed by atoms with Crippen LogP contribution in [0.4, 0.5) is 0 Å². The van der Waals surface area contributed by atoms with Gasteiger partial charge in [-0.1, -0.05) is 60.7 Å². The third-order valence-corrected chi connectivity index (χ3v) is 8.06. The van der Waals surface area contributed by atoms with Crippen LogP contribution < -0.4 is 4.57 Å².